The lowest BCUT2D eigenvalue weighted by Gasteiger charge is -2.25. The third kappa shape index (κ3) is 4.57. The van der Waals surface area contributed by atoms with E-state index in [1.165, 1.54) is 0 Å². The van der Waals surface area contributed by atoms with E-state index in [1.807, 2.05) is 6.92 Å². The van der Waals surface area contributed by atoms with Gasteiger partial charge in [-0.05, 0) is 53.4 Å². The Morgan fingerprint density at radius 2 is 1.96 bits per heavy atom. The SMILES string of the molecule is CCOC(=O)C(C)(C)OCc1oc(C2CCC(OC)CC2)nc1C. The topological polar surface area (TPSA) is 70.8 Å². The Kier molecular flexibility index (Phi) is 6.40. The van der Waals surface area contributed by atoms with Crippen molar-refractivity contribution in [1.29, 1.82) is 0 Å². The Bertz CT molecular complexity index is 544. The van der Waals surface area contributed by atoms with Crippen molar-refractivity contribution in [2.24, 2.45) is 0 Å². The van der Waals surface area contributed by atoms with Gasteiger partial charge in [-0.2, -0.15) is 0 Å². The normalized spacial score (nSPS) is 21.7. The number of hydrogen-bond acceptors (Lipinski definition) is 6. The summed E-state index contributed by atoms with van der Waals surface area (Å²) < 4.78 is 22.1. The van der Waals surface area contributed by atoms with Gasteiger partial charge in [0, 0.05) is 13.0 Å². The summed E-state index contributed by atoms with van der Waals surface area (Å²) in [5.41, 5.74) is -0.190. The van der Waals surface area contributed by atoms with Crippen LogP contribution in [0.3, 0.4) is 0 Å². The van der Waals surface area contributed by atoms with E-state index in [0.717, 1.165) is 37.3 Å². The second-order valence-electron chi connectivity index (χ2n) is 6.79. The molecule has 1 aliphatic rings. The molecule has 0 saturated heterocycles. The van der Waals surface area contributed by atoms with Crippen molar-refractivity contribution >= 4 is 5.97 Å². The Hall–Kier alpha value is -1.40. The predicted molar refractivity (Wildman–Crippen MR) is 88.7 cm³/mol. The molecule has 136 valence electrons. The third-order valence-electron chi connectivity index (χ3n) is 4.60. The lowest BCUT2D eigenvalue weighted by Crippen LogP contribution is -2.36. The number of aromatic nitrogens is 1. The van der Waals surface area contributed by atoms with Crippen molar-refractivity contribution in [3.8, 4) is 0 Å². The molecule has 1 fully saturated rings. The number of carbonyl (C=O) groups excluding carboxylic acids is 1. The second-order valence-corrected chi connectivity index (χ2v) is 6.79. The Morgan fingerprint density at radius 1 is 1.29 bits per heavy atom. The minimum atomic E-state index is -1.01. The first-order valence-electron chi connectivity index (χ1n) is 8.67. The zero-order valence-corrected chi connectivity index (χ0v) is 15.4. The summed E-state index contributed by atoms with van der Waals surface area (Å²) in [6.45, 7) is 7.62. The Labute approximate surface area is 143 Å². The number of ether oxygens (including phenoxy) is 3. The summed E-state index contributed by atoms with van der Waals surface area (Å²) in [5, 5.41) is 0. The third-order valence-corrected chi connectivity index (χ3v) is 4.60. The van der Waals surface area contributed by atoms with Crippen LogP contribution >= 0.6 is 0 Å². The molecule has 1 saturated carbocycles. The van der Waals surface area contributed by atoms with Crippen molar-refractivity contribution < 1.29 is 23.4 Å². The van der Waals surface area contributed by atoms with Gasteiger partial charge in [-0.3, -0.25) is 0 Å². The highest BCUT2D eigenvalue weighted by atomic mass is 16.6. The zero-order valence-electron chi connectivity index (χ0n) is 15.4. The zero-order chi connectivity index (χ0) is 17.7. The molecule has 24 heavy (non-hydrogen) atoms. The number of rotatable bonds is 7. The molecule has 1 aliphatic carbocycles. The van der Waals surface area contributed by atoms with Gasteiger partial charge in [0.1, 0.15) is 6.61 Å². The molecule has 0 radical (unpaired) electrons. The summed E-state index contributed by atoms with van der Waals surface area (Å²) >= 11 is 0. The van der Waals surface area contributed by atoms with Gasteiger partial charge < -0.3 is 18.6 Å². The summed E-state index contributed by atoms with van der Waals surface area (Å²) in [6.07, 6.45) is 4.46. The minimum Gasteiger partial charge on any atom is -0.464 e. The number of carbonyl (C=O) groups is 1. The van der Waals surface area contributed by atoms with Crippen LogP contribution in [-0.4, -0.2) is 36.4 Å². The molecule has 1 heterocycles. The average Bonchev–Trinajstić information content (AvgIpc) is 2.94. The maximum absolute atomic E-state index is 11.9. The van der Waals surface area contributed by atoms with Crippen LogP contribution in [-0.2, 0) is 25.6 Å². The highest BCUT2D eigenvalue weighted by molar-refractivity contribution is 5.78. The number of oxazole rings is 1. The van der Waals surface area contributed by atoms with Gasteiger partial charge >= 0.3 is 5.97 Å². The van der Waals surface area contributed by atoms with E-state index in [1.54, 1.807) is 27.9 Å². The lowest BCUT2D eigenvalue weighted by atomic mass is 9.87. The molecule has 0 atom stereocenters. The molecule has 0 bridgehead atoms. The van der Waals surface area contributed by atoms with Gasteiger partial charge in [0.25, 0.3) is 0 Å². The highest BCUT2D eigenvalue weighted by Gasteiger charge is 2.31. The van der Waals surface area contributed by atoms with Gasteiger partial charge in [0.05, 0.1) is 18.4 Å². The molecule has 0 amide bonds. The van der Waals surface area contributed by atoms with Crippen LogP contribution in [0.5, 0.6) is 0 Å². The summed E-state index contributed by atoms with van der Waals surface area (Å²) in [7, 11) is 1.76. The average molecular weight is 339 g/mol. The molecule has 0 aliphatic heterocycles. The molecular formula is C18H29NO5. The quantitative estimate of drug-likeness (QED) is 0.708. The summed E-state index contributed by atoms with van der Waals surface area (Å²) in [4.78, 5) is 16.4. The summed E-state index contributed by atoms with van der Waals surface area (Å²) in [5.74, 6) is 1.41. The molecule has 6 nitrogen and oxygen atoms in total. The molecule has 1 aromatic heterocycles. The molecule has 0 aromatic carbocycles. The van der Waals surface area contributed by atoms with Gasteiger partial charge in [0.15, 0.2) is 17.3 Å². The van der Waals surface area contributed by atoms with Crippen LogP contribution in [0.2, 0.25) is 0 Å². The fourth-order valence-electron chi connectivity index (χ4n) is 2.91. The number of methoxy groups -OCH3 is 1. The Morgan fingerprint density at radius 3 is 2.54 bits per heavy atom. The van der Waals surface area contributed by atoms with Crippen LogP contribution in [0.4, 0.5) is 0 Å². The number of esters is 1. The maximum atomic E-state index is 11.9. The van der Waals surface area contributed by atoms with Crippen LogP contribution in [0.1, 0.15) is 69.7 Å². The summed E-state index contributed by atoms with van der Waals surface area (Å²) in [6, 6.07) is 0. The van der Waals surface area contributed by atoms with Crippen molar-refractivity contribution in [3.05, 3.63) is 17.3 Å². The van der Waals surface area contributed by atoms with E-state index in [-0.39, 0.29) is 12.6 Å². The Balaban J connectivity index is 1.95. The van der Waals surface area contributed by atoms with E-state index in [9.17, 15) is 4.79 Å². The number of nitrogens with zero attached hydrogens (tertiary/aromatic N) is 1. The van der Waals surface area contributed by atoms with Gasteiger partial charge in [-0.1, -0.05) is 0 Å². The van der Waals surface area contributed by atoms with Crippen molar-refractivity contribution in [1.82, 2.24) is 4.98 Å². The molecule has 6 heteroatoms. The number of aryl methyl sites for hydroxylation is 1. The highest BCUT2D eigenvalue weighted by Crippen LogP contribution is 2.34. The monoisotopic (exact) mass is 339 g/mol. The van der Waals surface area contributed by atoms with Crippen LogP contribution in [0.15, 0.2) is 4.42 Å². The van der Waals surface area contributed by atoms with E-state index in [0.29, 0.717) is 24.4 Å². The van der Waals surface area contributed by atoms with Crippen molar-refractivity contribution in [2.75, 3.05) is 13.7 Å². The molecular weight excluding hydrogens is 310 g/mol. The van der Waals surface area contributed by atoms with Crippen molar-refractivity contribution in [2.45, 2.75) is 77.6 Å². The maximum Gasteiger partial charge on any atom is 0.337 e. The first-order valence-corrected chi connectivity index (χ1v) is 8.67. The smallest absolute Gasteiger partial charge is 0.337 e. The molecule has 0 unspecified atom stereocenters. The van der Waals surface area contributed by atoms with E-state index in [4.69, 9.17) is 18.6 Å². The van der Waals surface area contributed by atoms with Crippen LogP contribution < -0.4 is 0 Å². The molecule has 2 rings (SSSR count). The minimum absolute atomic E-state index is 0.206. The molecule has 0 N–H and O–H groups in total. The van der Waals surface area contributed by atoms with E-state index >= 15 is 0 Å². The fraction of sp³-hybridized carbons (Fsp3) is 0.778. The largest absolute Gasteiger partial charge is 0.464 e. The van der Waals surface area contributed by atoms with Gasteiger partial charge in [0.2, 0.25) is 0 Å². The van der Waals surface area contributed by atoms with E-state index in [2.05, 4.69) is 4.98 Å². The first-order chi connectivity index (χ1) is 11.4. The standard InChI is InChI=1S/C18H29NO5/c1-6-22-17(20)18(3,4)23-11-15-12(2)19-16(24-15)13-7-9-14(21-5)10-8-13/h13-14H,6-11H2,1-5H3. The molecule has 0 spiro atoms. The fourth-order valence-corrected chi connectivity index (χ4v) is 2.91. The number of hydrogen-bond donors (Lipinski definition) is 0. The van der Waals surface area contributed by atoms with Crippen LogP contribution in [0.25, 0.3) is 0 Å². The van der Waals surface area contributed by atoms with Gasteiger partial charge in [-0.25, -0.2) is 9.78 Å². The first kappa shape index (κ1) is 18.9. The van der Waals surface area contributed by atoms with Crippen molar-refractivity contribution in [3.63, 3.8) is 0 Å². The van der Waals surface area contributed by atoms with Gasteiger partial charge in [-0.15, -0.1) is 0 Å². The predicted octanol–water partition coefficient (Wildman–Crippen LogP) is 3.51. The van der Waals surface area contributed by atoms with Crippen LogP contribution in [0, 0.1) is 6.92 Å². The molecule has 1 aromatic rings. The second kappa shape index (κ2) is 8.12. The van der Waals surface area contributed by atoms with E-state index < -0.39 is 5.60 Å². The lowest BCUT2D eigenvalue weighted by molar-refractivity contribution is -0.169.